The SMILES string of the molecule is O=C(CCc1nc(-c2ccc(F)cc2)no1)N1CCN(c2ncccn2)CC1. The zero-order valence-corrected chi connectivity index (χ0v) is 15.2. The predicted octanol–water partition coefficient (Wildman–Crippen LogP) is 1.95. The first-order valence-corrected chi connectivity index (χ1v) is 9.07. The van der Waals surface area contributed by atoms with Gasteiger partial charge >= 0.3 is 0 Å². The molecular weight excluding hydrogens is 363 g/mol. The Morgan fingerprint density at radius 3 is 2.50 bits per heavy atom. The molecule has 0 saturated carbocycles. The molecule has 0 spiro atoms. The van der Waals surface area contributed by atoms with Crippen molar-refractivity contribution < 1.29 is 13.7 Å². The van der Waals surface area contributed by atoms with Crippen LogP contribution in [0.1, 0.15) is 12.3 Å². The van der Waals surface area contributed by atoms with Gasteiger partial charge in [-0.25, -0.2) is 14.4 Å². The van der Waals surface area contributed by atoms with Gasteiger partial charge in [0.15, 0.2) is 0 Å². The zero-order chi connectivity index (χ0) is 19.3. The van der Waals surface area contributed by atoms with Crippen LogP contribution < -0.4 is 4.90 Å². The van der Waals surface area contributed by atoms with Crippen molar-refractivity contribution in [2.75, 3.05) is 31.1 Å². The molecule has 0 radical (unpaired) electrons. The summed E-state index contributed by atoms with van der Waals surface area (Å²) >= 11 is 0. The molecule has 1 amide bonds. The van der Waals surface area contributed by atoms with Crippen molar-refractivity contribution in [2.24, 2.45) is 0 Å². The maximum atomic E-state index is 13.0. The summed E-state index contributed by atoms with van der Waals surface area (Å²) in [7, 11) is 0. The van der Waals surface area contributed by atoms with Gasteiger partial charge in [-0.05, 0) is 30.3 Å². The number of hydrogen-bond donors (Lipinski definition) is 0. The van der Waals surface area contributed by atoms with Crippen LogP contribution >= 0.6 is 0 Å². The fraction of sp³-hybridized carbons (Fsp3) is 0.316. The van der Waals surface area contributed by atoms with Crippen LogP contribution in [0, 0.1) is 5.82 Å². The van der Waals surface area contributed by atoms with Crippen molar-refractivity contribution in [2.45, 2.75) is 12.8 Å². The van der Waals surface area contributed by atoms with Crippen LogP contribution in [-0.4, -0.2) is 57.1 Å². The van der Waals surface area contributed by atoms with Gasteiger partial charge in [0.05, 0.1) is 0 Å². The molecule has 1 fully saturated rings. The molecule has 0 aliphatic carbocycles. The number of nitrogens with zero attached hydrogens (tertiary/aromatic N) is 6. The van der Waals surface area contributed by atoms with E-state index in [4.69, 9.17) is 4.52 Å². The van der Waals surface area contributed by atoms with E-state index in [0.29, 0.717) is 62.2 Å². The Bertz CT molecular complexity index is 923. The molecule has 0 bridgehead atoms. The minimum absolute atomic E-state index is 0.0511. The third-order valence-electron chi connectivity index (χ3n) is 4.59. The first kappa shape index (κ1) is 18.0. The van der Waals surface area contributed by atoms with Gasteiger partial charge in [-0.2, -0.15) is 4.98 Å². The fourth-order valence-electron chi connectivity index (χ4n) is 3.05. The highest BCUT2D eigenvalue weighted by molar-refractivity contribution is 5.76. The molecule has 28 heavy (non-hydrogen) atoms. The van der Waals surface area contributed by atoms with Crippen LogP contribution in [0.3, 0.4) is 0 Å². The summed E-state index contributed by atoms with van der Waals surface area (Å²) in [6.07, 6.45) is 4.09. The maximum Gasteiger partial charge on any atom is 0.227 e. The van der Waals surface area contributed by atoms with E-state index in [1.54, 1.807) is 30.6 Å². The number of benzene rings is 1. The molecule has 0 N–H and O–H groups in total. The summed E-state index contributed by atoms with van der Waals surface area (Å²) in [6, 6.07) is 7.64. The second-order valence-corrected chi connectivity index (χ2v) is 6.44. The summed E-state index contributed by atoms with van der Waals surface area (Å²) in [6.45, 7) is 2.65. The highest BCUT2D eigenvalue weighted by Gasteiger charge is 2.22. The van der Waals surface area contributed by atoms with Gasteiger partial charge in [-0.3, -0.25) is 4.79 Å². The van der Waals surface area contributed by atoms with Crippen molar-refractivity contribution in [1.82, 2.24) is 25.0 Å². The van der Waals surface area contributed by atoms with Crippen molar-refractivity contribution in [1.29, 1.82) is 0 Å². The molecule has 0 atom stereocenters. The van der Waals surface area contributed by atoms with Crippen LogP contribution in [0.4, 0.5) is 10.3 Å². The number of hydrogen-bond acceptors (Lipinski definition) is 7. The Labute approximate surface area is 161 Å². The van der Waals surface area contributed by atoms with E-state index in [2.05, 4.69) is 25.0 Å². The van der Waals surface area contributed by atoms with Gasteiger partial charge < -0.3 is 14.3 Å². The van der Waals surface area contributed by atoms with Crippen LogP contribution in [-0.2, 0) is 11.2 Å². The molecule has 144 valence electrons. The molecule has 3 aromatic rings. The minimum atomic E-state index is -0.322. The van der Waals surface area contributed by atoms with Gasteiger partial charge in [0.1, 0.15) is 5.82 Å². The molecule has 3 heterocycles. The van der Waals surface area contributed by atoms with Gasteiger partial charge in [-0.1, -0.05) is 5.16 Å². The Balaban J connectivity index is 1.28. The van der Waals surface area contributed by atoms with Crippen LogP contribution in [0.25, 0.3) is 11.4 Å². The fourth-order valence-corrected chi connectivity index (χ4v) is 3.05. The first-order valence-electron chi connectivity index (χ1n) is 9.07. The molecule has 1 aliphatic rings. The first-order chi connectivity index (χ1) is 13.7. The Morgan fingerprint density at radius 1 is 1.07 bits per heavy atom. The largest absolute Gasteiger partial charge is 0.339 e. The lowest BCUT2D eigenvalue weighted by Crippen LogP contribution is -2.49. The van der Waals surface area contributed by atoms with Crippen LogP contribution in [0.2, 0.25) is 0 Å². The van der Waals surface area contributed by atoms with Crippen LogP contribution in [0.5, 0.6) is 0 Å². The van der Waals surface area contributed by atoms with E-state index < -0.39 is 0 Å². The number of aromatic nitrogens is 4. The minimum Gasteiger partial charge on any atom is -0.339 e. The topological polar surface area (TPSA) is 88.3 Å². The number of halogens is 1. The van der Waals surface area contributed by atoms with E-state index in [9.17, 15) is 9.18 Å². The number of rotatable bonds is 5. The third-order valence-corrected chi connectivity index (χ3v) is 4.59. The number of amides is 1. The summed E-state index contributed by atoms with van der Waals surface area (Å²) < 4.78 is 18.2. The van der Waals surface area contributed by atoms with Crippen molar-refractivity contribution >= 4 is 11.9 Å². The van der Waals surface area contributed by atoms with Crippen LogP contribution in [0.15, 0.2) is 47.2 Å². The van der Waals surface area contributed by atoms with E-state index in [0.717, 1.165) is 0 Å². The summed E-state index contributed by atoms with van der Waals surface area (Å²) in [4.78, 5) is 29.1. The Morgan fingerprint density at radius 2 is 1.79 bits per heavy atom. The summed E-state index contributed by atoms with van der Waals surface area (Å²) in [5.74, 6) is 1.20. The maximum absolute atomic E-state index is 13.0. The molecule has 4 rings (SSSR count). The van der Waals surface area contributed by atoms with E-state index >= 15 is 0 Å². The number of piperazine rings is 1. The van der Waals surface area contributed by atoms with E-state index in [1.807, 2.05) is 4.90 Å². The predicted molar refractivity (Wildman–Crippen MR) is 98.8 cm³/mol. The number of anilines is 1. The van der Waals surface area contributed by atoms with Gasteiger partial charge in [0.2, 0.25) is 23.6 Å². The average Bonchev–Trinajstić information content (AvgIpc) is 3.22. The van der Waals surface area contributed by atoms with Crippen molar-refractivity contribution in [3.8, 4) is 11.4 Å². The van der Waals surface area contributed by atoms with Crippen molar-refractivity contribution in [3.63, 3.8) is 0 Å². The van der Waals surface area contributed by atoms with E-state index in [1.165, 1.54) is 12.1 Å². The Kier molecular flexibility index (Phi) is 5.22. The quantitative estimate of drug-likeness (QED) is 0.666. The van der Waals surface area contributed by atoms with Gasteiger partial charge in [0, 0.05) is 57.0 Å². The Hall–Kier alpha value is -3.36. The smallest absolute Gasteiger partial charge is 0.227 e. The normalized spacial score (nSPS) is 14.3. The molecule has 9 heteroatoms. The van der Waals surface area contributed by atoms with E-state index in [-0.39, 0.29) is 11.7 Å². The second-order valence-electron chi connectivity index (χ2n) is 6.44. The molecule has 1 aliphatic heterocycles. The average molecular weight is 382 g/mol. The molecule has 0 unspecified atom stereocenters. The zero-order valence-electron chi connectivity index (χ0n) is 15.2. The lowest BCUT2D eigenvalue weighted by Gasteiger charge is -2.34. The highest BCUT2D eigenvalue weighted by atomic mass is 19.1. The molecule has 1 aromatic carbocycles. The number of carbonyl (C=O) groups is 1. The lowest BCUT2D eigenvalue weighted by atomic mass is 10.2. The molecular formula is C19H19FN6O2. The second kappa shape index (κ2) is 8.12. The standard InChI is InChI=1S/C19H19FN6O2/c20-15-4-2-14(3-5-15)18-23-16(28-24-18)6-7-17(27)25-10-12-26(13-11-25)19-21-8-1-9-22-19/h1-5,8-9H,6-7,10-13H2. The number of aryl methyl sites for hydroxylation is 1. The number of carbonyl (C=O) groups excluding carboxylic acids is 1. The summed E-state index contributed by atoms with van der Waals surface area (Å²) in [5, 5.41) is 3.90. The third kappa shape index (κ3) is 4.13. The molecule has 1 saturated heterocycles. The lowest BCUT2D eigenvalue weighted by molar-refractivity contribution is -0.131. The molecule has 2 aromatic heterocycles. The molecule has 8 nitrogen and oxygen atoms in total. The van der Waals surface area contributed by atoms with Gasteiger partial charge in [-0.15, -0.1) is 0 Å². The summed E-state index contributed by atoms with van der Waals surface area (Å²) in [5.41, 5.74) is 0.668. The monoisotopic (exact) mass is 382 g/mol. The highest BCUT2D eigenvalue weighted by Crippen LogP contribution is 2.17. The van der Waals surface area contributed by atoms with Crippen molar-refractivity contribution in [3.05, 3.63) is 54.4 Å². The van der Waals surface area contributed by atoms with Gasteiger partial charge in [0.25, 0.3) is 0 Å².